The summed E-state index contributed by atoms with van der Waals surface area (Å²) in [6.07, 6.45) is 21.4. The second-order valence-corrected chi connectivity index (χ2v) is 8.01. The fourth-order valence-electron chi connectivity index (χ4n) is 3.53. The molecule has 1 N–H and O–H groups in total. The fraction of sp³-hybridized carbons (Fsp3) is 0.720. The van der Waals surface area contributed by atoms with Crippen molar-refractivity contribution in [2.75, 3.05) is 6.61 Å². The van der Waals surface area contributed by atoms with Crippen LogP contribution in [0.3, 0.4) is 0 Å². The number of carboxylic acids is 1. The number of carboxylic acid groups (broad SMARTS) is 1. The second-order valence-electron chi connectivity index (χ2n) is 8.01. The van der Waals surface area contributed by atoms with Crippen molar-refractivity contribution in [3.63, 3.8) is 0 Å². The van der Waals surface area contributed by atoms with Gasteiger partial charge in [-0.1, -0.05) is 115 Å². The summed E-state index contributed by atoms with van der Waals surface area (Å²) in [5, 5.41) is 9.08. The first-order chi connectivity index (χ1) is 14.3. The van der Waals surface area contributed by atoms with Crippen LogP contribution in [0.5, 0.6) is 5.75 Å². The first-order valence-corrected chi connectivity index (χ1v) is 11.9. The largest absolute Gasteiger partial charge is 0.478 e. The van der Waals surface area contributed by atoms with Gasteiger partial charge in [-0.15, -0.1) is 0 Å². The normalized spacial score (nSPS) is 10.9. The topological polar surface area (TPSA) is 55.8 Å². The van der Waals surface area contributed by atoms with Crippen LogP contribution in [-0.2, 0) is 4.89 Å². The Hall–Kier alpha value is -1.55. The fourth-order valence-corrected chi connectivity index (χ4v) is 3.53. The van der Waals surface area contributed by atoms with Crippen molar-refractivity contribution >= 4 is 5.97 Å². The Bertz CT molecular complexity index is 515. The molecule has 1 aromatic rings. The van der Waals surface area contributed by atoms with E-state index >= 15 is 0 Å². The number of para-hydroxylation sites is 1. The molecule has 0 aliphatic rings. The van der Waals surface area contributed by atoms with E-state index in [-0.39, 0.29) is 11.3 Å². The number of aromatic carboxylic acids is 1. The van der Waals surface area contributed by atoms with E-state index in [1.54, 1.807) is 18.2 Å². The van der Waals surface area contributed by atoms with Crippen LogP contribution < -0.4 is 4.89 Å². The maximum atomic E-state index is 11.1. The molecule has 0 aliphatic heterocycles. The minimum atomic E-state index is -1.01. The van der Waals surface area contributed by atoms with Gasteiger partial charge in [0.25, 0.3) is 0 Å². The van der Waals surface area contributed by atoms with Crippen molar-refractivity contribution in [1.82, 2.24) is 0 Å². The first-order valence-electron chi connectivity index (χ1n) is 11.9. The Balaban J connectivity index is 1.81. The van der Waals surface area contributed by atoms with Gasteiger partial charge < -0.3 is 9.99 Å². The predicted octanol–water partition coefficient (Wildman–Crippen LogP) is 7.96. The summed E-state index contributed by atoms with van der Waals surface area (Å²) in [5.41, 5.74) is 0.125. The highest BCUT2D eigenvalue weighted by Crippen LogP contribution is 2.18. The van der Waals surface area contributed by atoms with Gasteiger partial charge in [0.2, 0.25) is 0 Å². The third-order valence-electron chi connectivity index (χ3n) is 5.35. The maximum absolute atomic E-state index is 11.1. The molecule has 1 aromatic carbocycles. The molecule has 0 fully saturated rings. The molecular formula is C25H42O4. The molecule has 0 aromatic heterocycles. The predicted molar refractivity (Wildman–Crippen MR) is 120 cm³/mol. The molecule has 4 nitrogen and oxygen atoms in total. The molecule has 0 radical (unpaired) electrons. The zero-order chi connectivity index (χ0) is 21.0. The molecular weight excluding hydrogens is 364 g/mol. The zero-order valence-corrected chi connectivity index (χ0v) is 18.5. The van der Waals surface area contributed by atoms with E-state index in [0.29, 0.717) is 6.61 Å². The van der Waals surface area contributed by atoms with E-state index in [1.165, 1.54) is 96.0 Å². The monoisotopic (exact) mass is 406 g/mol. The van der Waals surface area contributed by atoms with Crippen LogP contribution in [0, 0.1) is 0 Å². The highest BCUT2D eigenvalue weighted by atomic mass is 17.2. The van der Waals surface area contributed by atoms with E-state index in [2.05, 4.69) is 6.92 Å². The standard InChI is InChI=1S/C25H42O4/c1-2-3-4-5-6-7-8-9-10-11-12-13-14-15-16-19-22-28-29-24-21-18-17-20-23(24)25(26)27/h17-18,20-21H,2-16,19,22H2,1H3,(H,26,27). The number of hydrogen-bond acceptors (Lipinski definition) is 3. The summed E-state index contributed by atoms with van der Waals surface area (Å²) >= 11 is 0. The molecule has 166 valence electrons. The molecule has 0 atom stereocenters. The number of hydrogen-bond donors (Lipinski definition) is 1. The summed E-state index contributed by atoms with van der Waals surface area (Å²) in [6, 6.07) is 6.53. The van der Waals surface area contributed by atoms with Crippen LogP contribution in [0.15, 0.2) is 24.3 Å². The Kier molecular flexibility index (Phi) is 16.2. The molecule has 4 heteroatoms. The Labute approximate surface area is 177 Å². The van der Waals surface area contributed by atoms with E-state index in [1.807, 2.05) is 0 Å². The summed E-state index contributed by atoms with van der Waals surface area (Å²) in [6.45, 7) is 2.77. The van der Waals surface area contributed by atoms with Crippen LogP contribution in [0.4, 0.5) is 0 Å². The third-order valence-corrected chi connectivity index (χ3v) is 5.35. The third kappa shape index (κ3) is 14.1. The first kappa shape index (κ1) is 25.5. The van der Waals surface area contributed by atoms with Gasteiger partial charge in [0, 0.05) is 0 Å². The molecule has 0 unspecified atom stereocenters. The van der Waals surface area contributed by atoms with Gasteiger partial charge in [-0.05, 0) is 18.6 Å². The lowest BCUT2D eigenvalue weighted by Crippen LogP contribution is -2.05. The Morgan fingerprint density at radius 2 is 1.17 bits per heavy atom. The van der Waals surface area contributed by atoms with Gasteiger partial charge in [0.05, 0.1) is 6.61 Å². The molecule has 1 rings (SSSR count). The van der Waals surface area contributed by atoms with Gasteiger partial charge in [-0.25, -0.2) is 4.79 Å². The molecule has 0 heterocycles. The van der Waals surface area contributed by atoms with Crippen molar-refractivity contribution in [1.29, 1.82) is 0 Å². The van der Waals surface area contributed by atoms with Gasteiger partial charge in [-0.3, -0.25) is 0 Å². The van der Waals surface area contributed by atoms with Crippen LogP contribution in [0.2, 0.25) is 0 Å². The summed E-state index contributed by atoms with van der Waals surface area (Å²) in [7, 11) is 0. The van der Waals surface area contributed by atoms with Crippen molar-refractivity contribution in [2.45, 2.75) is 110 Å². The van der Waals surface area contributed by atoms with E-state index in [0.717, 1.165) is 12.8 Å². The van der Waals surface area contributed by atoms with Crippen molar-refractivity contribution in [2.24, 2.45) is 0 Å². The van der Waals surface area contributed by atoms with E-state index < -0.39 is 5.97 Å². The lowest BCUT2D eigenvalue weighted by molar-refractivity contribution is -0.207. The number of rotatable bonds is 20. The molecule has 0 amide bonds. The lowest BCUT2D eigenvalue weighted by Gasteiger charge is -2.07. The Morgan fingerprint density at radius 3 is 1.66 bits per heavy atom. The van der Waals surface area contributed by atoms with Gasteiger partial charge in [-0.2, -0.15) is 4.89 Å². The van der Waals surface area contributed by atoms with Crippen LogP contribution in [0.1, 0.15) is 120 Å². The molecule has 29 heavy (non-hydrogen) atoms. The van der Waals surface area contributed by atoms with Crippen LogP contribution in [-0.4, -0.2) is 17.7 Å². The van der Waals surface area contributed by atoms with Crippen LogP contribution >= 0.6 is 0 Å². The highest BCUT2D eigenvalue weighted by molar-refractivity contribution is 5.90. The summed E-state index contributed by atoms with van der Waals surface area (Å²) < 4.78 is 0. The highest BCUT2D eigenvalue weighted by Gasteiger charge is 2.10. The molecule has 0 saturated carbocycles. The average molecular weight is 407 g/mol. The minimum Gasteiger partial charge on any atom is -0.478 e. The molecule has 0 bridgehead atoms. The zero-order valence-electron chi connectivity index (χ0n) is 18.5. The van der Waals surface area contributed by atoms with Gasteiger partial charge in [0.1, 0.15) is 5.56 Å². The summed E-state index contributed by atoms with van der Waals surface area (Å²) in [4.78, 5) is 21.4. The van der Waals surface area contributed by atoms with E-state index in [9.17, 15) is 4.79 Å². The molecule has 0 spiro atoms. The Morgan fingerprint density at radius 1 is 0.724 bits per heavy atom. The lowest BCUT2D eigenvalue weighted by atomic mass is 10.0. The van der Waals surface area contributed by atoms with Crippen molar-refractivity contribution in [3.05, 3.63) is 29.8 Å². The number of unbranched alkanes of at least 4 members (excludes halogenated alkanes) is 15. The minimum absolute atomic E-state index is 0.125. The molecule has 0 aliphatic carbocycles. The smallest absolute Gasteiger partial charge is 0.339 e. The SMILES string of the molecule is CCCCCCCCCCCCCCCCCCOOc1ccccc1C(=O)O. The summed E-state index contributed by atoms with van der Waals surface area (Å²) in [5.74, 6) is -0.747. The van der Waals surface area contributed by atoms with Crippen molar-refractivity contribution < 1.29 is 19.7 Å². The second kappa shape index (κ2) is 18.5. The van der Waals surface area contributed by atoms with Gasteiger partial charge >= 0.3 is 5.97 Å². The number of benzene rings is 1. The quantitative estimate of drug-likeness (QED) is 0.136. The van der Waals surface area contributed by atoms with E-state index in [4.69, 9.17) is 14.9 Å². The molecule has 0 saturated heterocycles. The number of carbonyl (C=O) groups is 1. The average Bonchev–Trinajstić information content (AvgIpc) is 2.73. The van der Waals surface area contributed by atoms with Gasteiger partial charge in [0.15, 0.2) is 5.75 Å². The van der Waals surface area contributed by atoms with Crippen molar-refractivity contribution in [3.8, 4) is 5.75 Å². The maximum Gasteiger partial charge on any atom is 0.339 e. The van der Waals surface area contributed by atoms with Crippen LogP contribution in [0.25, 0.3) is 0 Å².